The maximum absolute atomic E-state index is 13.0. The van der Waals surface area contributed by atoms with Crippen LogP contribution in [0.3, 0.4) is 0 Å². The minimum absolute atomic E-state index is 0.187. The number of benzene rings is 2. The molecular formula is C21H19N3O2. The average Bonchev–Trinajstić information content (AvgIpc) is 3.14. The van der Waals surface area contributed by atoms with E-state index in [-0.39, 0.29) is 5.56 Å². The van der Waals surface area contributed by atoms with Gasteiger partial charge in [0.25, 0.3) is 5.56 Å². The largest absolute Gasteiger partial charge is 0.495 e. The molecule has 0 fully saturated rings. The van der Waals surface area contributed by atoms with E-state index >= 15 is 0 Å². The summed E-state index contributed by atoms with van der Waals surface area (Å²) in [5, 5.41) is 0. The van der Waals surface area contributed by atoms with Crippen molar-refractivity contribution in [2.24, 2.45) is 0 Å². The van der Waals surface area contributed by atoms with Crippen LogP contribution in [0.1, 0.15) is 12.5 Å². The van der Waals surface area contributed by atoms with E-state index in [4.69, 9.17) is 4.74 Å². The highest BCUT2D eigenvalue weighted by Gasteiger charge is 2.12. The lowest BCUT2D eigenvalue weighted by molar-refractivity contribution is 0.412. The lowest BCUT2D eigenvalue weighted by Crippen LogP contribution is -2.20. The van der Waals surface area contributed by atoms with Gasteiger partial charge in [0.1, 0.15) is 5.75 Å². The number of imidazole rings is 1. The van der Waals surface area contributed by atoms with Crippen LogP contribution < -0.4 is 10.3 Å². The fourth-order valence-electron chi connectivity index (χ4n) is 3.05. The van der Waals surface area contributed by atoms with E-state index < -0.39 is 0 Å². The highest BCUT2D eigenvalue weighted by Crippen LogP contribution is 2.22. The number of hydrogen-bond donors (Lipinski definition) is 0. The van der Waals surface area contributed by atoms with Gasteiger partial charge in [-0.15, -0.1) is 0 Å². The van der Waals surface area contributed by atoms with E-state index in [1.165, 1.54) is 5.56 Å². The van der Waals surface area contributed by atoms with Gasteiger partial charge in [0.15, 0.2) is 0 Å². The van der Waals surface area contributed by atoms with Gasteiger partial charge in [-0.2, -0.15) is 0 Å². The average molecular weight is 345 g/mol. The van der Waals surface area contributed by atoms with Crippen molar-refractivity contribution in [2.45, 2.75) is 13.3 Å². The predicted octanol–water partition coefficient (Wildman–Crippen LogP) is 3.72. The molecule has 0 atom stereocenters. The van der Waals surface area contributed by atoms with Gasteiger partial charge < -0.3 is 9.14 Å². The van der Waals surface area contributed by atoms with E-state index in [1.807, 2.05) is 48.8 Å². The summed E-state index contributed by atoms with van der Waals surface area (Å²) >= 11 is 0. The minimum atomic E-state index is -0.187. The van der Waals surface area contributed by atoms with Gasteiger partial charge in [0.2, 0.25) is 5.65 Å². The van der Waals surface area contributed by atoms with Crippen LogP contribution in [-0.2, 0) is 6.42 Å². The van der Waals surface area contributed by atoms with Crippen molar-refractivity contribution in [1.82, 2.24) is 14.0 Å². The molecule has 0 amide bonds. The molecule has 2 aromatic carbocycles. The first-order chi connectivity index (χ1) is 12.7. The molecule has 0 saturated carbocycles. The number of rotatable bonds is 4. The number of ether oxygens (including phenoxy) is 1. The fraction of sp³-hybridized carbons (Fsp3) is 0.143. The van der Waals surface area contributed by atoms with Crippen molar-refractivity contribution < 1.29 is 4.74 Å². The number of para-hydroxylation sites is 2. The number of fused-ring (bicyclic) bond motifs is 1. The molecule has 0 spiro atoms. The van der Waals surface area contributed by atoms with Crippen LogP contribution in [0, 0.1) is 0 Å². The Bertz CT molecular complexity index is 1120. The Hall–Kier alpha value is -3.34. The molecule has 2 aromatic heterocycles. The van der Waals surface area contributed by atoms with Crippen molar-refractivity contribution in [3.8, 4) is 22.7 Å². The summed E-state index contributed by atoms with van der Waals surface area (Å²) in [7, 11) is 1.59. The van der Waals surface area contributed by atoms with E-state index in [2.05, 4.69) is 24.0 Å². The minimum Gasteiger partial charge on any atom is -0.495 e. The van der Waals surface area contributed by atoms with Crippen molar-refractivity contribution in [1.29, 1.82) is 0 Å². The van der Waals surface area contributed by atoms with Gasteiger partial charge in [-0.25, -0.2) is 4.98 Å². The zero-order valence-electron chi connectivity index (χ0n) is 14.7. The van der Waals surface area contributed by atoms with Crippen molar-refractivity contribution in [3.63, 3.8) is 0 Å². The highest BCUT2D eigenvalue weighted by molar-refractivity contribution is 5.63. The fourth-order valence-corrected chi connectivity index (χ4v) is 3.05. The normalized spacial score (nSPS) is 11.0. The number of aryl methyl sites for hydroxylation is 1. The van der Waals surface area contributed by atoms with Crippen molar-refractivity contribution in [2.75, 3.05) is 7.11 Å². The van der Waals surface area contributed by atoms with E-state index in [0.29, 0.717) is 17.1 Å². The summed E-state index contributed by atoms with van der Waals surface area (Å²) in [6.07, 6.45) is 6.44. The summed E-state index contributed by atoms with van der Waals surface area (Å²) in [4.78, 5) is 17.5. The van der Waals surface area contributed by atoms with E-state index in [0.717, 1.165) is 17.7 Å². The molecule has 0 N–H and O–H groups in total. The van der Waals surface area contributed by atoms with Crippen molar-refractivity contribution >= 4 is 5.65 Å². The van der Waals surface area contributed by atoms with E-state index in [9.17, 15) is 4.79 Å². The molecule has 0 aliphatic heterocycles. The second-order valence-electron chi connectivity index (χ2n) is 6.05. The Kier molecular flexibility index (Phi) is 4.05. The Balaban J connectivity index is 1.84. The summed E-state index contributed by atoms with van der Waals surface area (Å²) in [5.41, 5.74) is 3.94. The van der Waals surface area contributed by atoms with Gasteiger partial charge >= 0.3 is 0 Å². The number of nitrogens with zero attached hydrogens (tertiary/aromatic N) is 3. The SMILES string of the molecule is CCc1ccc(-c2cn3ccn(-c4ccccc4OC)c(=O)c3n2)cc1. The lowest BCUT2D eigenvalue weighted by atomic mass is 10.1. The topological polar surface area (TPSA) is 48.5 Å². The van der Waals surface area contributed by atoms with Gasteiger partial charge in [-0.3, -0.25) is 9.36 Å². The highest BCUT2D eigenvalue weighted by atomic mass is 16.5. The third kappa shape index (κ3) is 2.67. The summed E-state index contributed by atoms with van der Waals surface area (Å²) in [6, 6.07) is 15.7. The molecule has 4 aromatic rings. The van der Waals surface area contributed by atoms with Crippen LogP contribution in [0.2, 0.25) is 0 Å². The van der Waals surface area contributed by atoms with Crippen LogP contribution in [0.5, 0.6) is 5.75 Å². The third-order valence-electron chi connectivity index (χ3n) is 4.52. The summed E-state index contributed by atoms with van der Waals surface area (Å²) < 4.78 is 8.70. The molecule has 130 valence electrons. The van der Waals surface area contributed by atoms with Crippen LogP contribution in [0.15, 0.2) is 71.9 Å². The smallest absolute Gasteiger partial charge is 0.298 e. The lowest BCUT2D eigenvalue weighted by Gasteiger charge is -2.10. The first-order valence-electron chi connectivity index (χ1n) is 8.54. The second kappa shape index (κ2) is 6.52. The second-order valence-corrected chi connectivity index (χ2v) is 6.05. The molecule has 5 heteroatoms. The van der Waals surface area contributed by atoms with Gasteiger partial charge in [-0.1, -0.05) is 43.3 Å². The Labute approximate surface area is 151 Å². The predicted molar refractivity (Wildman–Crippen MR) is 102 cm³/mol. The first-order valence-corrected chi connectivity index (χ1v) is 8.54. The molecule has 0 saturated heterocycles. The van der Waals surface area contributed by atoms with Gasteiger partial charge in [0.05, 0.1) is 18.5 Å². The molecule has 0 aliphatic carbocycles. The molecule has 5 nitrogen and oxygen atoms in total. The maximum atomic E-state index is 13.0. The monoisotopic (exact) mass is 345 g/mol. The van der Waals surface area contributed by atoms with Gasteiger partial charge in [-0.05, 0) is 24.1 Å². The van der Waals surface area contributed by atoms with Crippen LogP contribution in [-0.4, -0.2) is 21.1 Å². The molecule has 0 bridgehead atoms. The molecular weight excluding hydrogens is 326 g/mol. The van der Waals surface area contributed by atoms with Crippen LogP contribution in [0.4, 0.5) is 0 Å². The Morgan fingerprint density at radius 2 is 1.81 bits per heavy atom. The molecule has 0 radical (unpaired) electrons. The standard InChI is InChI=1S/C21H19N3O2/c1-3-15-8-10-16(11-9-15)17-14-23-12-13-24(21(25)20(23)22-17)18-6-4-5-7-19(18)26-2/h4-14H,3H2,1-2H3. The number of methoxy groups -OCH3 is 1. The number of hydrogen-bond acceptors (Lipinski definition) is 3. The number of aromatic nitrogens is 3. The third-order valence-corrected chi connectivity index (χ3v) is 4.52. The quantitative estimate of drug-likeness (QED) is 0.566. The molecule has 4 rings (SSSR count). The molecule has 0 unspecified atom stereocenters. The van der Waals surface area contributed by atoms with Crippen molar-refractivity contribution in [3.05, 3.63) is 83.0 Å². The zero-order valence-corrected chi connectivity index (χ0v) is 14.7. The van der Waals surface area contributed by atoms with E-state index in [1.54, 1.807) is 22.3 Å². The Morgan fingerprint density at radius 3 is 2.54 bits per heavy atom. The van der Waals surface area contributed by atoms with Crippen LogP contribution >= 0.6 is 0 Å². The molecule has 2 heterocycles. The summed E-state index contributed by atoms with van der Waals surface area (Å²) in [5.74, 6) is 0.640. The Morgan fingerprint density at radius 1 is 1.04 bits per heavy atom. The molecule has 0 aliphatic rings. The summed E-state index contributed by atoms with van der Waals surface area (Å²) in [6.45, 7) is 2.13. The molecule has 26 heavy (non-hydrogen) atoms. The van der Waals surface area contributed by atoms with Crippen LogP contribution in [0.25, 0.3) is 22.6 Å². The van der Waals surface area contributed by atoms with Gasteiger partial charge in [0, 0.05) is 24.2 Å². The maximum Gasteiger partial charge on any atom is 0.298 e. The zero-order chi connectivity index (χ0) is 18.1. The first kappa shape index (κ1) is 16.1.